The van der Waals surface area contributed by atoms with Crippen LogP contribution in [0.2, 0.25) is 0 Å². The molecule has 4 aliphatic rings. The van der Waals surface area contributed by atoms with Crippen LogP contribution in [0, 0.1) is 0 Å². The number of nitrogens with zero attached hydrogens (tertiary/aromatic N) is 5. The molecule has 5 heterocycles. The van der Waals surface area contributed by atoms with Crippen LogP contribution in [-0.2, 0) is 29.7 Å². The highest BCUT2D eigenvalue weighted by atomic mass is 32.2. The maximum Gasteiger partial charge on any atom is 0.261 e. The fourth-order valence-electron chi connectivity index (χ4n) is 8.08. The molecule has 15 heteroatoms. The third-order valence-corrected chi connectivity index (χ3v) is 12.7. The fraction of sp³-hybridized carbons (Fsp3) is 0.244. The van der Waals surface area contributed by atoms with Crippen LogP contribution in [-0.4, -0.2) is 81.6 Å². The van der Waals surface area contributed by atoms with Gasteiger partial charge < -0.3 is 24.1 Å². The average molecular weight is 827 g/mol. The molecule has 9 rings (SSSR count). The van der Waals surface area contributed by atoms with Gasteiger partial charge in [-0.05, 0) is 72.6 Å². The Labute approximate surface area is 347 Å². The summed E-state index contributed by atoms with van der Waals surface area (Å²) in [6.07, 6.45) is 6.01. The van der Waals surface area contributed by atoms with Crippen molar-refractivity contribution in [3.05, 3.63) is 131 Å². The summed E-state index contributed by atoms with van der Waals surface area (Å²) < 4.78 is 50.6. The predicted octanol–water partition coefficient (Wildman–Crippen LogP) is 6.32. The third-order valence-electron chi connectivity index (χ3n) is 11.2. The van der Waals surface area contributed by atoms with Gasteiger partial charge in [0.15, 0.2) is 23.0 Å². The standard InChI is InChI=1S/C45H42N6O8S/c1-46-60(54,55)34-13-11-27(12-14-34)28-15-16-50-32(17-28)23-47-37-21-42(40(56-2)19-35(37)44(50)52)58-25-30-8-6-9-31(49-30)26-59-43-22-38-36(20-41(43)57-3)45(53)51-33(24-48-38)18-29-7-4-5-10-39(29)51/h4-15,19-24,32-33,44,46,52H,16-18,25-26H2,1-3H3/t32?,33-,44?/m0/s1. The van der Waals surface area contributed by atoms with Crippen LogP contribution in [0.4, 0.5) is 17.1 Å². The van der Waals surface area contributed by atoms with Gasteiger partial charge in [-0.1, -0.05) is 42.5 Å². The SMILES string of the molecule is CNS(=O)(=O)c1ccc(C2=CCN3C(C=Nc4cc(OCc5cccc(COc6cc7c(cc6OC)C(=O)N6c8ccccc8C[C@H]6C=N7)n5)c(OC)cc4C3O)C2)cc1. The van der Waals surface area contributed by atoms with Gasteiger partial charge in [0.05, 0.1) is 59.5 Å². The van der Waals surface area contributed by atoms with E-state index in [4.69, 9.17) is 33.9 Å². The zero-order valence-corrected chi connectivity index (χ0v) is 33.9. The predicted molar refractivity (Wildman–Crippen MR) is 227 cm³/mol. The van der Waals surface area contributed by atoms with E-state index in [0.29, 0.717) is 76.3 Å². The number of fused-ring (bicyclic) bond motifs is 6. The summed E-state index contributed by atoms with van der Waals surface area (Å²) in [7, 11) is 0.923. The summed E-state index contributed by atoms with van der Waals surface area (Å²) >= 11 is 0. The molecule has 3 atom stereocenters. The smallest absolute Gasteiger partial charge is 0.261 e. The molecule has 0 bridgehead atoms. The van der Waals surface area contributed by atoms with Crippen LogP contribution in [0.25, 0.3) is 5.57 Å². The Balaban J connectivity index is 0.876. The summed E-state index contributed by atoms with van der Waals surface area (Å²) in [5, 5.41) is 11.6. The van der Waals surface area contributed by atoms with E-state index in [1.165, 1.54) is 14.2 Å². The third kappa shape index (κ3) is 7.30. The number of carbonyl (C=O) groups is 1. The lowest BCUT2D eigenvalue weighted by Crippen LogP contribution is -2.41. The minimum atomic E-state index is -3.54. The Morgan fingerprint density at radius 3 is 2.17 bits per heavy atom. The van der Waals surface area contributed by atoms with Crippen LogP contribution in [0.3, 0.4) is 0 Å². The van der Waals surface area contributed by atoms with Crippen molar-refractivity contribution >= 4 is 51.0 Å². The summed E-state index contributed by atoms with van der Waals surface area (Å²) in [5.41, 5.74) is 7.33. The van der Waals surface area contributed by atoms with E-state index in [1.54, 1.807) is 60.5 Å². The molecule has 0 aliphatic carbocycles. The first-order valence-corrected chi connectivity index (χ1v) is 20.9. The van der Waals surface area contributed by atoms with Gasteiger partial charge in [0.25, 0.3) is 5.91 Å². The molecule has 60 heavy (non-hydrogen) atoms. The van der Waals surface area contributed by atoms with E-state index in [2.05, 4.69) is 4.72 Å². The van der Waals surface area contributed by atoms with Gasteiger partial charge in [-0.25, -0.2) is 13.1 Å². The second-order valence-corrected chi connectivity index (χ2v) is 16.6. The number of aliphatic hydroxyl groups is 1. The van der Waals surface area contributed by atoms with Gasteiger partial charge in [-0.3, -0.25) is 29.6 Å². The molecule has 0 radical (unpaired) electrons. The van der Waals surface area contributed by atoms with Crippen LogP contribution in [0.15, 0.2) is 112 Å². The molecule has 1 aromatic heterocycles. The molecule has 0 spiro atoms. The van der Waals surface area contributed by atoms with Crippen molar-refractivity contribution in [1.82, 2.24) is 14.6 Å². The fourth-order valence-corrected chi connectivity index (χ4v) is 8.81. The molecule has 2 N–H and O–H groups in total. The molecule has 14 nitrogen and oxygen atoms in total. The first-order chi connectivity index (χ1) is 29.1. The van der Waals surface area contributed by atoms with E-state index >= 15 is 0 Å². The minimum Gasteiger partial charge on any atom is -0.493 e. The number of aliphatic imine (C=N–C) groups is 2. The number of aromatic nitrogens is 1. The van der Waals surface area contributed by atoms with Gasteiger partial charge in [0.1, 0.15) is 19.4 Å². The van der Waals surface area contributed by atoms with Crippen molar-refractivity contribution in [1.29, 1.82) is 0 Å². The lowest BCUT2D eigenvalue weighted by atomic mass is 9.94. The number of ether oxygens (including phenoxy) is 4. The Bertz CT molecular complexity index is 2700. The number of rotatable bonds is 11. The normalized spacial score (nSPS) is 19.2. The Hall–Kier alpha value is -6.39. The maximum atomic E-state index is 13.8. The Morgan fingerprint density at radius 1 is 0.783 bits per heavy atom. The van der Waals surface area contributed by atoms with Gasteiger partial charge in [0.2, 0.25) is 10.0 Å². The number of hydrogen-bond acceptors (Lipinski definition) is 12. The van der Waals surface area contributed by atoms with E-state index in [0.717, 1.165) is 22.4 Å². The Kier molecular flexibility index (Phi) is 10.4. The lowest BCUT2D eigenvalue weighted by Gasteiger charge is -2.35. The molecule has 2 unspecified atom stereocenters. The average Bonchev–Trinajstić information content (AvgIpc) is 3.53. The molecule has 0 saturated carbocycles. The molecule has 5 aromatic rings. The van der Waals surface area contributed by atoms with Crippen molar-refractivity contribution in [2.24, 2.45) is 9.98 Å². The highest BCUT2D eigenvalue weighted by Crippen LogP contribution is 2.44. The number of methoxy groups -OCH3 is 2. The number of sulfonamides is 1. The highest BCUT2D eigenvalue weighted by molar-refractivity contribution is 7.89. The molecule has 0 fully saturated rings. The van der Waals surface area contributed by atoms with E-state index in [-0.39, 0.29) is 36.1 Å². The number of amides is 1. The Morgan fingerprint density at radius 2 is 1.45 bits per heavy atom. The largest absolute Gasteiger partial charge is 0.493 e. The van der Waals surface area contributed by atoms with E-state index in [1.807, 2.05) is 65.9 Å². The molecule has 4 aliphatic heterocycles. The summed E-state index contributed by atoms with van der Waals surface area (Å²) in [4.78, 5) is 32.0. The zero-order valence-electron chi connectivity index (χ0n) is 33.1. The van der Waals surface area contributed by atoms with Gasteiger partial charge in [0, 0.05) is 48.8 Å². The summed E-state index contributed by atoms with van der Waals surface area (Å²) in [5.74, 6) is 1.58. The minimum absolute atomic E-state index is 0.117. The number of para-hydroxylation sites is 1. The topological polar surface area (TPSA) is 164 Å². The monoisotopic (exact) mass is 826 g/mol. The molecular weight excluding hydrogens is 785 g/mol. The number of benzene rings is 4. The number of nitrogens with one attached hydrogen (secondary N) is 1. The molecule has 0 saturated heterocycles. The molecule has 4 aromatic carbocycles. The van der Waals surface area contributed by atoms with Gasteiger partial charge in [-0.15, -0.1) is 0 Å². The quantitative estimate of drug-likeness (QED) is 0.154. The second-order valence-electron chi connectivity index (χ2n) is 14.7. The van der Waals surface area contributed by atoms with Crippen LogP contribution in [0.1, 0.15) is 51.1 Å². The number of hydrogen-bond donors (Lipinski definition) is 2. The summed E-state index contributed by atoms with van der Waals surface area (Å²) in [6, 6.07) is 26.8. The number of carbonyl (C=O) groups excluding carboxylic acids is 1. The molecule has 1 amide bonds. The first-order valence-electron chi connectivity index (χ1n) is 19.4. The lowest BCUT2D eigenvalue weighted by molar-refractivity contribution is -0.00205. The van der Waals surface area contributed by atoms with E-state index in [9.17, 15) is 18.3 Å². The van der Waals surface area contributed by atoms with Crippen molar-refractivity contribution in [3.63, 3.8) is 0 Å². The van der Waals surface area contributed by atoms with Gasteiger partial charge >= 0.3 is 0 Å². The molecular formula is C45H42N6O8S. The van der Waals surface area contributed by atoms with Crippen molar-refractivity contribution in [2.45, 2.75) is 49.3 Å². The van der Waals surface area contributed by atoms with Gasteiger partial charge in [-0.2, -0.15) is 0 Å². The summed E-state index contributed by atoms with van der Waals surface area (Å²) in [6.45, 7) is 0.692. The first kappa shape index (κ1) is 39.1. The van der Waals surface area contributed by atoms with Crippen molar-refractivity contribution < 1.29 is 37.3 Å². The highest BCUT2D eigenvalue weighted by Gasteiger charge is 2.37. The maximum absolute atomic E-state index is 13.8. The van der Waals surface area contributed by atoms with Crippen LogP contribution >= 0.6 is 0 Å². The van der Waals surface area contributed by atoms with E-state index < -0.39 is 16.3 Å². The van der Waals surface area contributed by atoms with Crippen LogP contribution < -0.4 is 28.6 Å². The molecule has 306 valence electrons. The van der Waals surface area contributed by atoms with Crippen LogP contribution in [0.5, 0.6) is 23.0 Å². The zero-order chi connectivity index (χ0) is 41.5. The van der Waals surface area contributed by atoms with Crippen molar-refractivity contribution in [2.75, 3.05) is 32.7 Å². The second kappa shape index (κ2) is 16.0. The van der Waals surface area contributed by atoms with Crippen molar-refractivity contribution in [3.8, 4) is 23.0 Å². The number of anilines is 1. The number of pyridine rings is 1. The number of aliphatic hydroxyl groups excluding tert-OH is 1.